The number of carbonyl (C=O) groups excluding carboxylic acids is 1. The largest absolute Gasteiger partial charge is 0.504 e. The molecule has 106 valence electrons. The maximum Gasteiger partial charge on any atom is 0.338 e. The molecule has 21 heavy (non-hydrogen) atoms. The second-order valence-electron chi connectivity index (χ2n) is 4.84. The van der Waals surface area contributed by atoms with Crippen molar-refractivity contribution in [1.29, 1.82) is 0 Å². The quantitative estimate of drug-likeness (QED) is 0.724. The minimum atomic E-state index is -0.462. The molecule has 3 rings (SSSR count). The first-order chi connectivity index (χ1) is 10.1. The summed E-state index contributed by atoms with van der Waals surface area (Å²) in [5.41, 5.74) is 2.68. The average Bonchev–Trinajstić information content (AvgIpc) is 2.93. The van der Waals surface area contributed by atoms with E-state index in [2.05, 4.69) is 0 Å². The Morgan fingerprint density at radius 3 is 2.52 bits per heavy atom. The van der Waals surface area contributed by atoms with Gasteiger partial charge in [0.15, 0.2) is 11.3 Å². The van der Waals surface area contributed by atoms with Crippen molar-refractivity contribution in [2.45, 2.75) is 6.92 Å². The lowest BCUT2D eigenvalue weighted by Crippen LogP contribution is -2.00. The van der Waals surface area contributed by atoms with Crippen LogP contribution in [-0.2, 0) is 4.74 Å². The van der Waals surface area contributed by atoms with Crippen LogP contribution in [0.5, 0.6) is 5.75 Å². The maximum absolute atomic E-state index is 11.8. The van der Waals surface area contributed by atoms with Gasteiger partial charge in [-0.05, 0) is 25.1 Å². The lowest BCUT2D eigenvalue weighted by molar-refractivity contribution is 0.0603. The van der Waals surface area contributed by atoms with Crippen molar-refractivity contribution in [2.24, 2.45) is 0 Å². The molecular weight excluding hydrogens is 268 g/mol. The maximum atomic E-state index is 11.8. The molecule has 0 saturated carbocycles. The summed E-state index contributed by atoms with van der Waals surface area (Å²) < 4.78 is 10.5. The number of rotatable bonds is 2. The van der Waals surface area contributed by atoms with Crippen LogP contribution in [0.1, 0.15) is 15.9 Å². The van der Waals surface area contributed by atoms with E-state index in [9.17, 15) is 9.90 Å². The number of carbonyl (C=O) groups is 1. The lowest BCUT2D eigenvalue weighted by atomic mass is 10.1. The average molecular weight is 282 g/mol. The Labute approximate surface area is 121 Å². The number of hydrogen-bond donors (Lipinski definition) is 1. The number of hydrogen-bond acceptors (Lipinski definition) is 4. The van der Waals surface area contributed by atoms with Gasteiger partial charge in [0.2, 0.25) is 0 Å². The summed E-state index contributed by atoms with van der Waals surface area (Å²) >= 11 is 0. The Kier molecular flexibility index (Phi) is 3.14. The number of aryl methyl sites for hydroxylation is 1. The fraction of sp³-hybridized carbons (Fsp3) is 0.118. The van der Waals surface area contributed by atoms with E-state index in [1.54, 1.807) is 6.07 Å². The van der Waals surface area contributed by atoms with Crippen LogP contribution in [0.3, 0.4) is 0 Å². The molecule has 1 aromatic heterocycles. The zero-order valence-electron chi connectivity index (χ0n) is 11.7. The Hall–Kier alpha value is -2.75. The van der Waals surface area contributed by atoms with Gasteiger partial charge in [0.1, 0.15) is 5.76 Å². The van der Waals surface area contributed by atoms with Crippen LogP contribution in [0.4, 0.5) is 0 Å². The van der Waals surface area contributed by atoms with Crippen LogP contribution in [-0.4, -0.2) is 18.2 Å². The summed E-state index contributed by atoms with van der Waals surface area (Å²) in [5, 5.41) is 10.4. The molecule has 3 aromatic rings. The predicted molar refractivity (Wildman–Crippen MR) is 79.4 cm³/mol. The molecule has 0 amide bonds. The highest BCUT2D eigenvalue weighted by molar-refractivity contribution is 6.05. The van der Waals surface area contributed by atoms with E-state index in [1.807, 2.05) is 31.2 Å². The van der Waals surface area contributed by atoms with Crippen molar-refractivity contribution in [3.8, 4) is 17.1 Å². The van der Waals surface area contributed by atoms with E-state index in [0.29, 0.717) is 16.7 Å². The standard InChI is InChI=1S/C17H14O4/c1-10-3-5-11(6-4-10)15-9-13-12(17(19)20-2)7-8-14(18)16(13)21-15/h3-9,18H,1-2H3. The third kappa shape index (κ3) is 2.25. The van der Waals surface area contributed by atoms with Crippen LogP contribution < -0.4 is 0 Å². The zero-order valence-corrected chi connectivity index (χ0v) is 11.7. The second-order valence-corrected chi connectivity index (χ2v) is 4.84. The van der Waals surface area contributed by atoms with Gasteiger partial charge in [-0.3, -0.25) is 0 Å². The Morgan fingerprint density at radius 2 is 1.86 bits per heavy atom. The van der Waals surface area contributed by atoms with Crippen LogP contribution in [0.15, 0.2) is 46.9 Å². The Balaban J connectivity index is 2.21. The highest BCUT2D eigenvalue weighted by Crippen LogP contribution is 2.35. The predicted octanol–water partition coefficient (Wildman–Crippen LogP) is 3.90. The first-order valence-electron chi connectivity index (χ1n) is 6.51. The molecule has 0 radical (unpaired) electrons. The van der Waals surface area contributed by atoms with Crippen LogP contribution in [0, 0.1) is 6.92 Å². The molecule has 1 heterocycles. The third-order valence-corrected chi connectivity index (χ3v) is 3.40. The van der Waals surface area contributed by atoms with Crippen molar-refractivity contribution >= 4 is 16.9 Å². The smallest absolute Gasteiger partial charge is 0.338 e. The molecule has 4 nitrogen and oxygen atoms in total. The second kappa shape index (κ2) is 4.98. The van der Waals surface area contributed by atoms with Gasteiger partial charge in [0.25, 0.3) is 0 Å². The summed E-state index contributed by atoms with van der Waals surface area (Å²) in [6, 6.07) is 12.5. The summed E-state index contributed by atoms with van der Waals surface area (Å²) in [6.07, 6.45) is 0. The number of furan rings is 1. The van der Waals surface area contributed by atoms with Gasteiger partial charge in [-0.1, -0.05) is 29.8 Å². The molecule has 0 saturated heterocycles. The van der Waals surface area contributed by atoms with Crippen molar-refractivity contribution < 1.29 is 19.1 Å². The summed E-state index contributed by atoms with van der Waals surface area (Å²) in [6.45, 7) is 2.00. The number of esters is 1. The zero-order chi connectivity index (χ0) is 15.0. The van der Waals surface area contributed by atoms with E-state index in [1.165, 1.54) is 19.2 Å². The third-order valence-electron chi connectivity index (χ3n) is 3.40. The van der Waals surface area contributed by atoms with Gasteiger partial charge >= 0.3 is 5.97 Å². The van der Waals surface area contributed by atoms with Crippen molar-refractivity contribution in [3.05, 3.63) is 53.6 Å². The molecule has 0 aliphatic carbocycles. The van der Waals surface area contributed by atoms with Crippen LogP contribution in [0.25, 0.3) is 22.3 Å². The van der Waals surface area contributed by atoms with E-state index in [4.69, 9.17) is 9.15 Å². The molecule has 0 aliphatic rings. The number of methoxy groups -OCH3 is 1. The van der Waals surface area contributed by atoms with Gasteiger partial charge in [-0.2, -0.15) is 0 Å². The number of fused-ring (bicyclic) bond motifs is 1. The number of ether oxygens (including phenoxy) is 1. The van der Waals surface area contributed by atoms with Gasteiger partial charge < -0.3 is 14.3 Å². The normalized spacial score (nSPS) is 10.8. The van der Waals surface area contributed by atoms with Gasteiger partial charge in [-0.15, -0.1) is 0 Å². The molecule has 0 fully saturated rings. The molecular formula is C17H14O4. The van der Waals surface area contributed by atoms with Crippen molar-refractivity contribution in [3.63, 3.8) is 0 Å². The number of aromatic hydroxyl groups is 1. The number of phenolic OH excluding ortho intramolecular Hbond substituents is 1. The molecule has 1 N–H and O–H groups in total. The molecule has 2 aromatic carbocycles. The van der Waals surface area contributed by atoms with Gasteiger partial charge in [0.05, 0.1) is 12.7 Å². The van der Waals surface area contributed by atoms with E-state index in [0.717, 1.165) is 11.1 Å². The Bertz CT molecular complexity index is 813. The van der Waals surface area contributed by atoms with E-state index < -0.39 is 5.97 Å². The first-order valence-corrected chi connectivity index (χ1v) is 6.51. The molecule has 4 heteroatoms. The summed E-state index contributed by atoms with van der Waals surface area (Å²) in [5.74, 6) is 0.129. The molecule has 0 aliphatic heterocycles. The number of phenols is 1. The Morgan fingerprint density at radius 1 is 1.14 bits per heavy atom. The van der Waals surface area contributed by atoms with Gasteiger partial charge in [0, 0.05) is 10.9 Å². The number of benzene rings is 2. The summed E-state index contributed by atoms with van der Waals surface area (Å²) in [7, 11) is 1.32. The monoisotopic (exact) mass is 282 g/mol. The minimum Gasteiger partial charge on any atom is -0.504 e. The highest BCUT2D eigenvalue weighted by Gasteiger charge is 2.17. The summed E-state index contributed by atoms with van der Waals surface area (Å²) in [4.78, 5) is 11.8. The van der Waals surface area contributed by atoms with Crippen LogP contribution in [0.2, 0.25) is 0 Å². The SMILES string of the molecule is COC(=O)c1ccc(O)c2oc(-c3ccc(C)cc3)cc12. The van der Waals surface area contributed by atoms with Crippen LogP contribution >= 0.6 is 0 Å². The molecule has 0 atom stereocenters. The lowest BCUT2D eigenvalue weighted by Gasteiger charge is -2.00. The molecule has 0 bridgehead atoms. The van der Waals surface area contributed by atoms with Crippen molar-refractivity contribution in [2.75, 3.05) is 7.11 Å². The molecule has 0 unspecified atom stereocenters. The van der Waals surface area contributed by atoms with E-state index >= 15 is 0 Å². The van der Waals surface area contributed by atoms with Gasteiger partial charge in [-0.25, -0.2) is 4.79 Å². The minimum absolute atomic E-state index is 0.00369. The highest BCUT2D eigenvalue weighted by atomic mass is 16.5. The fourth-order valence-electron chi connectivity index (χ4n) is 2.26. The van der Waals surface area contributed by atoms with E-state index in [-0.39, 0.29) is 11.3 Å². The molecule has 0 spiro atoms. The fourth-order valence-corrected chi connectivity index (χ4v) is 2.26. The topological polar surface area (TPSA) is 59.7 Å². The first kappa shape index (κ1) is 13.2. The van der Waals surface area contributed by atoms with Crippen molar-refractivity contribution in [1.82, 2.24) is 0 Å².